The monoisotopic (exact) mass is 267 g/mol. The van der Waals surface area contributed by atoms with Gasteiger partial charge in [-0.05, 0) is 31.7 Å². The number of rotatable bonds is 3. The van der Waals surface area contributed by atoms with Crippen molar-refractivity contribution in [3.05, 3.63) is 18.0 Å². The van der Waals surface area contributed by atoms with Gasteiger partial charge in [-0.2, -0.15) is 5.10 Å². The van der Waals surface area contributed by atoms with Gasteiger partial charge in [0.25, 0.3) is 0 Å². The maximum Gasteiger partial charge on any atom is 0.244 e. The van der Waals surface area contributed by atoms with Crippen molar-refractivity contribution in [3.8, 4) is 0 Å². The number of carbonyl (C=O) groups is 1. The molecule has 1 fully saturated rings. The van der Waals surface area contributed by atoms with Crippen molar-refractivity contribution in [1.82, 2.24) is 14.7 Å². The highest BCUT2D eigenvalue weighted by Gasteiger charge is 2.30. The maximum absolute atomic E-state index is 12.1. The van der Waals surface area contributed by atoms with Gasteiger partial charge in [-0.25, -0.2) is 0 Å². The van der Waals surface area contributed by atoms with E-state index in [0.717, 1.165) is 5.56 Å². The molecule has 2 heterocycles. The molecule has 1 atom stereocenters. The molecule has 0 aliphatic carbocycles. The fourth-order valence-corrected chi connectivity index (χ4v) is 2.38. The standard InChI is InChI=1S/C13H21N3O3/c1-11-7-14-16(8-11)9-12(18)15-5-2-3-13(19,10-17)4-6-15/h7-8,17,19H,2-6,9-10H2,1H3. The van der Waals surface area contributed by atoms with Gasteiger partial charge < -0.3 is 15.1 Å². The maximum atomic E-state index is 12.1. The fraction of sp³-hybridized carbons (Fsp3) is 0.692. The molecule has 19 heavy (non-hydrogen) atoms. The molecule has 0 radical (unpaired) electrons. The third-order valence-corrected chi connectivity index (χ3v) is 3.62. The van der Waals surface area contributed by atoms with Crippen LogP contribution in [0.15, 0.2) is 12.4 Å². The van der Waals surface area contributed by atoms with Gasteiger partial charge in [0.05, 0.1) is 18.4 Å². The Bertz CT molecular complexity index is 446. The van der Waals surface area contributed by atoms with E-state index < -0.39 is 5.60 Å². The lowest BCUT2D eigenvalue weighted by Crippen LogP contribution is -2.37. The Morgan fingerprint density at radius 1 is 1.47 bits per heavy atom. The number of hydrogen-bond acceptors (Lipinski definition) is 4. The van der Waals surface area contributed by atoms with Crippen LogP contribution in [0, 0.1) is 6.92 Å². The molecule has 0 bridgehead atoms. The first-order valence-electron chi connectivity index (χ1n) is 6.62. The van der Waals surface area contributed by atoms with Crippen molar-refractivity contribution in [3.63, 3.8) is 0 Å². The predicted octanol–water partition coefficient (Wildman–Crippen LogP) is -0.0726. The third kappa shape index (κ3) is 3.54. The van der Waals surface area contributed by atoms with Crippen LogP contribution >= 0.6 is 0 Å². The smallest absolute Gasteiger partial charge is 0.244 e. The number of aliphatic hydroxyl groups excluding tert-OH is 1. The Morgan fingerprint density at radius 2 is 2.26 bits per heavy atom. The average Bonchev–Trinajstić information content (AvgIpc) is 2.68. The van der Waals surface area contributed by atoms with Crippen LogP contribution in [-0.2, 0) is 11.3 Å². The molecule has 106 valence electrons. The second kappa shape index (κ2) is 5.71. The molecule has 1 amide bonds. The quantitative estimate of drug-likeness (QED) is 0.803. The third-order valence-electron chi connectivity index (χ3n) is 3.62. The Balaban J connectivity index is 1.93. The molecule has 0 saturated carbocycles. The van der Waals surface area contributed by atoms with E-state index in [1.807, 2.05) is 13.1 Å². The molecule has 1 aromatic heterocycles. The van der Waals surface area contributed by atoms with Gasteiger partial charge in [-0.15, -0.1) is 0 Å². The summed E-state index contributed by atoms with van der Waals surface area (Å²) < 4.78 is 1.63. The molecule has 0 spiro atoms. The van der Waals surface area contributed by atoms with Crippen molar-refractivity contribution in [1.29, 1.82) is 0 Å². The summed E-state index contributed by atoms with van der Waals surface area (Å²) in [6.07, 6.45) is 5.22. The molecule has 1 unspecified atom stereocenters. The summed E-state index contributed by atoms with van der Waals surface area (Å²) in [5.74, 6) is 0.00490. The van der Waals surface area contributed by atoms with Gasteiger partial charge >= 0.3 is 0 Å². The first-order valence-corrected chi connectivity index (χ1v) is 6.62. The molecular formula is C13H21N3O3. The fourth-order valence-electron chi connectivity index (χ4n) is 2.38. The van der Waals surface area contributed by atoms with Crippen molar-refractivity contribution in [2.75, 3.05) is 19.7 Å². The minimum Gasteiger partial charge on any atom is -0.393 e. The van der Waals surface area contributed by atoms with E-state index in [1.54, 1.807) is 15.8 Å². The van der Waals surface area contributed by atoms with Crippen LogP contribution < -0.4 is 0 Å². The van der Waals surface area contributed by atoms with Crippen LogP contribution in [0.25, 0.3) is 0 Å². The molecule has 6 heteroatoms. The summed E-state index contributed by atoms with van der Waals surface area (Å²) in [6.45, 7) is 3.03. The van der Waals surface area contributed by atoms with Crippen LogP contribution in [0.3, 0.4) is 0 Å². The topological polar surface area (TPSA) is 78.6 Å². The lowest BCUT2D eigenvalue weighted by atomic mass is 9.96. The predicted molar refractivity (Wildman–Crippen MR) is 69.4 cm³/mol. The molecule has 2 N–H and O–H groups in total. The van der Waals surface area contributed by atoms with Gasteiger partial charge in [0.2, 0.25) is 5.91 Å². The lowest BCUT2D eigenvalue weighted by molar-refractivity contribution is -0.132. The Morgan fingerprint density at radius 3 is 2.89 bits per heavy atom. The zero-order chi connectivity index (χ0) is 13.9. The highest BCUT2D eigenvalue weighted by Crippen LogP contribution is 2.21. The number of aryl methyl sites for hydroxylation is 1. The van der Waals surface area contributed by atoms with E-state index in [-0.39, 0.29) is 19.1 Å². The second-order valence-corrected chi connectivity index (χ2v) is 5.33. The number of aromatic nitrogens is 2. The molecule has 1 aromatic rings. The van der Waals surface area contributed by atoms with Crippen LogP contribution in [0.4, 0.5) is 0 Å². The molecule has 1 saturated heterocycles. The minimum absolute atomic E-state index is 0.00490. The van der Waals surface area contributed by atoms with Gasteiger partial charge in [-0.1, -0.05) is 0 Å². The largest absolute Gasteiger partial charge is 0.393 e. The summed E-state index contributed by atoms with van der Waals surface area (Å²) in [5.41, 5.74) is -0.00421. The molecule has 1 aliphatic heterocycles. The highest BCUT2D eigenvalue weighted by molar-refractivity contribution is 5.75. The van der Waals surface area contributed by atoms with Crippen molar-refractivity contribution in [2.24, 2.45) is 0 Å². The zero-order valence-electron chi connectivity index (χ0n) is 11.2. The van der Waals surface area contributed by atoms with E-state index >= 15 is 0 Å². The molecular weight excluding hydrogens is 246 g/mol. The number of hydrogen-bond donors (Lipinski definition) is 2. The minimum atomic E-state index is -1.03. The number of nitrogens with zero attached hydrogens (tertiary/aromatic N) is 3. The lowest BCUT2D eigenvalue weighted by Gasteiger charge is -2.24. The van der Waals surface area contributed by atoms with Crippen molar-refractivity contribution in [2.45, 2.75) is 38.3 Å². The SMILES string of the molecule is Cc1cnn(CC(=O)N2CCCC(O)(CO)CC2)c1. The molecule has 1 aliphatic rings. The molecule has 6 nitrogen and oxygen atoms in total. The van der Waals surface area contributed by atoms with Crippen molar-refractivity contribution >= 4 is 5.91 Å². The Hall–Kier alpha value is -1.40. The Labute approximate surface area is 112 Å². The number of likely N-dealkylation sites (tertiary alicyclic amines) is 1. The number of carbonyl (C=O) groups excluding carboxylic acids is 1. The second-order valence-electron chi connectivity index (χ2n) is 5.33. The van der Waals surface area contributed by atoms with Gasteiger partial charge in [0.1, 0.15) is 6.54 Å². The van der Waals surface area contributed by atoms with Gasteiger partial charge in [-0.3, -0.25) is 9.48 Å². The first kappa shape index (κ1) is 14.0. The van der Waals surface area contributed by atoms with E-state index in [4.69, 9.17) is 0 Å². The molecule has 0 aromatic carbocycles. The van der Waals surface area contributed by atoms with E-state index in [1.165, 1.54) is 0 Å². The van der Waals surface area contributed by atoms with E-state index in [0.29, 0.717) is 32.4 Å². The average molecular weight is 267 g/mol. The highest BCUT2D eigenvalue weighted by atomic mass is 16.3. The Kier molecular flexibility index (Phi) is 4.21. The number of aliphatic hydroxyl groups is 2. The number of amides is 1. The van der Waals surface area contributed by atoms with Crippen LogP contribution in [0.1, 0.15) is 24.8 Å². The zero-order valence-corrected chi connectivity index (χ0v) is 11.2. The first-order chi connectivity index (χ1) is 9.02. The summed E-state index contributed by atoms with van der Waals surface area (Å²) in [5, 5.41) is 23.3. The molecule has 2 rings (SSSR count). The summed E-state index contributed by atoms with van der Waals surface area (Å²) in [7, 11) is 0. The van der Waals surface area contributed by atoms with Gasteiger partial charge in [0.15, 0.2) is 0 Å². The summed E-state index contributed by atoms with van der Waals surface area (Å²) in [6, 6.07) is 0. The summed E-state index contributed by atoms with van der Waals surface area (Å²) >= 11 is 0. The van der Waals surface area contributed by atoms with E-state index in [2.05, 4.69) is 5.10 Å². The van der Waals surface area contributed by atoms with Gasteiger partial charge in [0, 0.05) is 19.3 Å². The van der Waals surface area contributed by atoms with Crippen molar-refractivity contribution < 1.29 is 15.0 Å². The summed E-state index contributed by atoms with van der Waals surface area (Å²) in [4.78, 5) is 13.9. The van der Waals surface area contributed by atoms with Crippen LogP contribution in [-0.4, -0.2) is 56.1 Å². The van der Waals surface area contributed by atoms with E-state index in [9.17, 15) is 15.0 Å². The normalized spacial score (nSPS) is 24.3. The van der Waals surface area contributed by atoms with Crippen LogP contribution in [0.2, 0.25) is 0 Å². The van der Waals surface area contributed by atoms with Crippen LogP contribution in [0.5, 0.6) is 0 Å².